The molecule has 0 unspecified atom stereocenters. The maximum absolute atomic E-state index is 12.5. The van der Waals surface area contributed by atoms with E-state index in [0.717, 1.165) is 42.7 Å². The van der Waals surface area contributed by atoms with Crippen molar-refractivity contribution in [1.29, 1.82) is 5.26 Å². The van der Waals surface area contributed by atoms with Gasteiger partial charge >= 0.3 is 0 Å². The van der Waals surface area contributed by atoms with Crippen molar-refractivity contribution in [2.75, 3.05) is 18.4 Å². The minimum absolute atomic E-state index is 0.172. The first-order valence-corrected chi connectivity index (χ1v) is 8.26. The zero-order valence-electron chi connectivity index (χ0n) is 14.3. The zero-order chi connectivity index (χ0) is 16.8. The Morgan fingerprint density at radius 2 is 1.70 bits per heavy atom. The molecule has 1 aliphatic rings. The highest BCUT2D eigenvalue weighted by molar-refractivity contribution is 6.07. The molecule has 0 saturated carbocycles. The van der Waals surface area contributed by atoms with Crippen molar-refractivity contribution >= 4 is 11.6 Å². The van der Waals surface area contributed by atoms with Gasteiger partial charge in [0.1, 0.15) is 11.6 Å². The smallest absolute Gasteiger partial charge is 0.267 e. The molecule has 23 heavy (non-hydrogen) atoms. The fraction of sp³-hybridized carbons (Fsp3) is 0.474. The molecular formula is C19H25N3O. The average Bonchev–Trinajstić information content (AvgIpc) is 2.76. The summed E-state index contributed by atoms with van der Waals surface area (Å²) in [5.74, 6) is -0.327. The Kier molecular flexibility index (Phi) is 5.81. The largest absolute Gasteiger partial charge is 0.376 e. The molecule has 1 saturated heterocycles. The quantitative estimate of drug-likeness (QED) is 0.681. The fourth-order valence-electron chi connectivity index (χ4n) is 3.10. The van der Waals surface area contributed by atoms with Crippen LogP contribution < -0.4 is 5.32 Å². The lowest BCUT2D eigenvalue weighted by atomic mass is 10.0. The van der Waals surface area contributed by atoms with Gasteiger partial charge in [-0.1, -0.05) is 30.5 Å². The number of carbonyl (C=O) groups excluding carboxylic acids is 1. The van der Waals surface area contributed by atoms with Crippen LogP contribution in [0.2, 0.25) is 0 Å². The van der Waals surface area contributed by atoms with Gasteiger partial charge in [0.05, 0.1) is 0 Å². The van der Waals surface area contributed by atoms with Crippen LogP contribution >= 0.6 is 0 Å². The van der Waals surface area contributed by atoms with Crippen molar-refractivity contribution in [3.05, 3.63) is 40.6 Å². The molecule has 1 aromatic carbocycles. The van der Waals surface area contributed by atoms with Crippen molar-refractivity contribution in [3.63, 3.8) is 0 Å². The molecule has 1 amide bonds. The first-order chi connectivity index (χ1) is 11.0. The van der Waals surface area contributed by atoms with E-state index in [1.165, 1.54) is 18.4 Å². The number of amides is 1. The average molecular weight is 311 g/mol. The molecule has 0 radical (unpaired) electrons. The van der Waals surface area contributed by atoms with Crippen molar-refractivity contribution < 1.29 is 4.79 Å². The number of nitriles is 1. The summed E-state index contributed by atoms with van der Waals surface area (Å²) >= 11 is 0. The number of benzene rings is 1. The second-order valence-electron chi connectivity index (χ2n) is 6.33. The first kappa shape index (κ1) is 17.1. The third-order valence-electron chi connectivity index (χ3n) is 4.23. The van der Waals surface area contributed by atoms with Crippen molar-refractivity contribution in [2.45, 2.75) is 46.5 Å². The summed E-state index contributed by atoms with van der Waals surface area (Å²) in [4.78, 5) is 14.6. The molecule has 0 aromatic heterocycles. The lowest BCUT2D eigenvalue weighted by Crippen LogP contribution is -2.22. The Bertz CT molecular complexity index is 624. The Labute approximate surface area is 138 Å². The van der Waals surface area contributed by atoms with E-state index in [1.807, 2.05) is 39.0 Å². The highest BCUT2D eigenvalue weighted by Crippen LogP contribution is 2.22. The van der Waals surface area contributed by atoms with Gasteiger partial charge in [0.25, 0.3) is 5.91 Å². The third-order valence-corrected chi connectivity index (χ3v) is 4.23. The van der Waals surface area contributed by atoms with Crippen LogP contribution in [-0.2, 0) is 4.79 Å². The zero-order valence-corrected chi connectivity index (χ0v) is 14.3. The summed E-state index contributed by atoms with van der Waals surface area (Å²) in [7, 11) is 0. The van der Waals surface area contributed by atoms with E-state index >= 15 is 0 Å². The number of carbonyl (C=O) groups is 1. The Morgan fingerprint density at radius 3 is 2.22 bits per heavy atom. The van der Waals surface area contributed by atoms with Gasteiger partial charge in [-0.15, -0.1) is 0 Å². The van der Waals surface area contributed by atoms with Gasteiger partial charge in [-0.25, -0.2) is 0 Å². The standard InChI is InChI=1S/C19H25N3O/c1-14-10-15(2)18(16(3)11-14)21-19(23)17(12-20)13-22-8-6-4-5-7-9-22/h10-11,13H,4-9H2,1-3H3,(H,21,23)/b17-13-. The molecule has 1 N–H and O–H groups in total. The molecular weight excluding hydrogens is 286 g/mol. The number of anilines is 1. The van der Waals surface area contributed by atoms with Crippen LogP contribution in [0.5, 0.6) is 0 Å². The van der Waals surface area contributed by atoms with E-state index in [1.54, 1.807) is 6.20 Å². The number of likely N-dealkylation sites (tertiary alicyclic amines) is 1. The highest BCUT2D eigenvalue weighted by atomic mass is 16.1. The van der Waals surface area contributed by atoms with Crippen LogP contribution in [0, 0.1) is 32.1 Å². The number of rotatable bonds is 3. The fourth-order valence-corrected chi connectivity index (χ4v) is 3.10. The van der Waals surface area contributed by atoms with E-state index in [9.17, 15) is 10.1 Å². The molecule has 1 aromatic rings. The molecule has 1 heterocycles. The van der Waals surface area contributed by atoms with Gasteiger partial charge in [-0.05, 0) is 44.7 Å². The second-order valence-corrected chi connectivity index (χ2v) is 6.33. The molecule has 0 spiro atoms. The van der Waals surface area contributed by atoms with Crippen LogP contribution in [0.25, 0.3) is 0 Å². The normalized spacial score (nSPS) is 15.7. The Balaban J connectivity index is 2.16. The maximum atomic E-state index is 12.5. The van der Waals surface area contributed by atoms with Crippen molar-refractivity contribution in [1.82, 2.24) is 4.90 Å². The van der Waals surface area contributed by atoms with Crippen molar-refractivity contribution in [2.24, 2.45) is 0 Å². The lowest BCUT2D eigenvalue weighted by Gasteiger charge is -2.18. The number of aryl methyl sites for hydroxylation is 3. The first-order valence-electron chi connectivity index (χ1n) is 8.26. The van der Waals surface area contributed by atoms with Gasteiger partial charge in [0.2, 0.25) is 0 Å². The van der Waals surface area contributed by atoms with Crippen LogP contribution in [0.3, 0.4) is 0 Å². The minimum atomic E-state index is -0.327. The monoisotopic (exact) mass is 311 g/mol. The summed E-state index contributed by atoms with van der Waals surface area (Å²) < 4.78 is 0. The summed E-state index contributed by atoms with van der Waals surface area (Å²) in [6, 6.07) is 6.12. The van der Waals surface area contributed by atoms with Crippen LogP contribution in [0.1, 0.15) is 42.4 Å². The van der Waals surface area contributed by atoms with Crippen LogP contribution in [0.15, 0.2) is 23.9 Å². The molecule has 1 fully saturated rings. The molecule has 0 aliphatic carbocycles. The van der Waals surface area contributed by atoms with Gasteiger partial charge in [-0.3, -0.25) is 4.79 Å². The van der Waals surface area contributed by atoms with E-state index in [2.05, 4.69) is 10.2 Å². The molecule has 4 nitrogen and oxygen atoms in total. The number of nitrogens with one attached hydrogen (secondary N) is 1. The third kappa shape index (κ3) is 4.59. The number of nitrogens with zero attached hydrogens (tertiary/aromatic N) is 2. The van der Waals surface area contributed by atoms with Gasteiger partial charge in [0, 0.05) is 25.0 Å². The molecule has 2 rings (SSSR count). The van der Waals surface area contributed by atoms with Gasteiger partial charge < -0.3 is 10.2 Å². The summed E-state index contributed by atoms with van der Waals surface area (Å²) in [6.45, 7) is 7.81. The lowest BCUT2D eigenvalue weighted by molar-refractivity contribution is -0.112. The van der Waals surface area contributed by atoms with Crippen LogP contribution in [-0.4, -0.2) is 23.9 Å². The molecule has 1 aliphatic heterocycles. The van der Waals surface area contributed by atoms with Gasteiger partial charge in [-0.2, -0.15) is 5.26 Å². The summed E-state index contributed by atoms with van der Waals surface area (Å²) in [5, 5.41) is 12.3. The summed E-state index contributed by atoms with van der Waals surface area (Å²) in [5.41, 5.74) is 4.17. The number of hydrogen-bond acceptors (Lipinski definition) is 3. The molecule has 0 bridgehead atoms. The SMILES string of the molecule is Cc1cc(C)c(NC(=O)/C(C#N)=C\N2CCCCCC2)c(C)c1. The maximum Gasteiger partial charge on any atom is 0.267 e. The van der Waals surface area contributed by atoms with E-state index in [0.29, 0.717) is 0 Å². The van der Waals surface area contributed by atoms with E-state index < -0.39 is 0 Å². The number of hydrogen-bond donors (Lipinski definition) is 1. The molecule has 122 valence electrons. The molecule has 0 atom stereocenters. The summed E-state index contributed by atoms with van der Waals surface area (Å²) in [6.07, 6.45) is 6.40. The van der Waals surface area contributed by atoms with E-state index in [-0.39, 0.29) is 11.5 Å². The van der Waals surface area contributed by atoms with Crippen molar-refractivity contribution in [3.8, 4) is 6.07 Å². The van der Waals surface area contributed by atoms with E-state index in [4.69, 9.17) is 0 Å². The Morgan fingerprint density at radius 1 is 1.13 bits per heavy atom. The van der Waals surface area contributed by atoms with Gasteiger partial charge in [0.15, 0.2) is 0 Å². The predicted molar refractivity (Wildman–Crippen MR) is 93.0 cm³/mol. The molecule has 4 heteroatoms. The second kappa shape index (κ2) is 7.82. The predicted octanol–water partition coefficient (Wildman–Crippen LogP) is 3.83. The minimum Gasteiger partial charge on any atom is -0.376 e. The van der Waals surface area contributed by atoms with Crippen LogP contribution in [0.4, 0.5) is 5.69 Å². The topological polar surface area (TPSA) is 56.1 Å². The highest BCUT2D eigenvalue weighted by Gasteiger charge is 2.15. The Hall–Kier alpha value is -2.28.